The van der Waals surface area contributed by atoms with Crippen LogP contribution >= 0.6 is 0 Å². The summed E-state index contributed by atoms with van der Waals surface area (Å²) < 4.78 is 0. The van der Waals surface area contributed by atoms with Gasteiger partial charge in [-0.1, -0.05) is 36.4 Å². The number of carbonyl (C=O) groups excluding carboxylic acids is 1. The number of benzene rings is 1. The van der Waals surface area contributed by atoms with Crippen LogP contribution in [0.5, 0.6) is 0 Å². The molecule has 3 heteroatoms. The second-order valence-electron chi connectivity index (χ2n) is 4.34. The van der Waals surface area contributed by atoms with Crippen molar-refractivity contribution in [3.63, 3.8) is 0 Å². The minimum absolute atomic E-state index is 0.0833. The number of carbonyl (C=O) groups is 1. The summed E-state index contributed by atoms with van der Waals surface area (Å²) in [5.41, 5.74) is 2.54. The highest BCUT2D eigenvalue weighted by molar-refractivity contribution is 5.78. The zero-order valence-corrected chi connectivity index (χ0v) is 10.3. The normalized spacial score (nSPS) is 14.8. The second kappa shape index (κ2) is 6.02. The first kappa shape index (κ1) is 12.4. The van der Waals surface area contributed by atoms with Crippen molar-refractivity contribution in [3.05, 3.63) is 42.0 Å². The van der Waals surface area contributed by atoms with Crippen LogP contribution in [0, 0.1) is 11.3 Å². The summed E-state index contributed by atoms with van der Waals surface area (Å²) in [7, 11) is 0. The van der Waals surface area contributed by atoms with Crippen LogP contribution in [0.1, 0.15) is 24.8 Å². The number of nitrogens with zero attached hydrogens (tertiary/aromatic N) is 2. The molecule has 18 heavy (non-hydrogen) atoms. The molecule has 0 N–H and O–H groups in total. The highest BCUT2D eigenvalue weighted by Crippen LogP contribution is 2.22. The Bertz CT molecular complexity index is 485. The number of hydrogen-bond donors (Lipinski definition) is 0. The molecule has 1 heterocycles. The molecule has 1 amide bonds. The van der Waals surface area contributed by atoms with Gasteiger partial charge in [0, 0.05) is 25.9 Å². The van der Waals surface area contributed by atoms with Crippen molar-refractivity contribution in [2.24, 2.45) is 0 Å². The van der Waals surface area contributed by atoms with Gasteiger partial charge in [-0.3, -0.25) is 4.79 Å². The van der Waals surface area contributed by atoms with Crippen LogP contribution in [-0.2, 0) is 4.79 Å². The molecule has 0 atom stereocenters. The van der Waals surface area contributed by atoms with Crippen molar-refractivity contribution in [2.45, 2.75) is 19.3 Å². The van der Waals surface area contributed by atoms with Gasteiger partial charge in [0.15, 0.2) is 0 Å². The average molecular weight is 240 g/mol. The first-order chi connectivity index (χ1) is 8.81. The van der Waals surface area contributed by atoms with E-state index in [1.54, 1.807) is 0 Å². The van der Waals surface area contributed by atoms with Gasteiger partial charge in [-0.2, -0.15) is 5.26 Å². The Labute approximate surface area is 107 Å². The van der Waals surface area contributed by atoms with Crippen LogP contribution in [0.4, 0.5) is 0 Å². The number of rotatable bonds is 3. The molecule has 2 rings (SSSR count). The predicted molar refractivity (Wildman–Crippen MR) is 70.5 cm³/mol. The Morgan fingerprint density at radius 1 is 1.33 bits per heavy atom. The molecule has 0 saturated carbocycles. The van der Waals surface area contributed by atoms with E-state index in [0.29, 0.717) is 19.4 Å². The molecule has 92 valence electrons. The molecule has 1 aliphatic rings. The highest BCUT2D eigenvalue weighted by atomic mass is 16.2. The van der Waals surface area contributed by atoms with E-state index in [1.807, 2.05) is 29.2 Å². The maximum atomic E-state index is 11.7. The lowest BCUT2D eigenvalue weighted by atomic mass is 9.99. The van der Waals surface area contributed by atoms with E-state index in [2.05, 4.69) is 18.2 Å². The van der Waals surface area contributed by atoms with E-state index in [4.69, 9.17) is 5.26 Å². The Morgan fingerprint density at radius 3 is 2.72 bits per heavy atom. The lowest BCUT2D eigenvalue weighted by Crippen LogP contribution is -2.34. The second-order valence-corrected chi connectivity index (χ2v) is 4.34. The van der Waals surface area contributed by atoms with Crippen molar-refractivity contribution >= 4 is 11.5 Å². The van der Waals surface area contributed by atoms with Crippen LogP contribution in [-0.4, -0.2) is 23.9 Å². The van der Waals surface area contributed by atoms with E-state index in [0.717, 1.165) is 13.0 Å². The summed E-state index contributed by atoms with van der Waals surface area (Å²) in [6.45, 7) is 1.42. The maximum absolute atomic E-state index is 11.7. The summed E-state index contributed by atoms with van der Waals surface area (Å²) in [5.74, 6) is 0.0833. The fraction of sp³-hybridized carbons (Fsp3) is 0.333. The molecule has 0 unspecified atom stereocenters. The van der Waals surface area contributed by atoms with Crippen LogP contribution in [0.2, 0.25) is 0 Å². The van der Waals surface area contributed by atoms with E-state index in [1.165, 1.54) is 11.1 Å². The molecule has 0 saturated heterocycles. The number of nitriles is 1. The largest absolute Gasteiger partial charge is 0.339 e. The van der Waals surface area contributed by atoms with Crippen molar-refractivity contribution in [2.75, 3.05) is 13.1 Å². The van der Waals surface area contributed by atoms with Crippen LogP contribution in [0.3, 0.4) is 0 Å². The van der Waals surface area contributed by atoms with Gasteiger partial charge >= 0.3 is 0 Å². The molecule has 0 spiro atoms. The van der Waals surface area contributed by atoms with E-state index < -0.39 is 0 Å². The quantitative estimate of drug-likeness (QED) is 0.815. The van der Waals surface area contributed by atoms with Gasteiger partial charge in [0.1, 0.15) is 0 Å². The Kier molecular flexibility index (Phi) is 4.14. The fourth-order valence-corrected chi connectivity index (χ4v) is 2.13. The Balaban J connectivity index is 1.96. The van der Waals surface area contributed by atoms with Crippen LogP contribution in [0.15, 0.2) is 36.4 Å². The number of amides is 1. The molecule has 0 radical (unpaired) electrons. The van der Waals surface area contributed by atoms with Crippen molar-refractivity contribution in [1.29, 1.82) is 5.26 Å². The molecule has 0 bridgehead atoms. The molecule has 3 nitrogen and oxygen atoms in total. The first-order valence-electron chi connectivity index (χ1n) is 6.20. The summed E-state index contributed by atoms with van der Waals surface area (Å²) in [6.07, 6.45) is 3.65. The van der Waals surface area contributed by atoms with Gasteiger partial charge in [-0.05, 0) is 17.6 Å². The van der Waals surface area contributed by atoms with Gasteiger partial charge in [0.2, 0.25) is 5.91 Å². The first-order valence-corrected chi connectivity index (χ1v) is 6.20. The highest BCUT2D eigenvalue weighted by Gasteiger charge is 2.17. The van der Waals surface area contributed by atoms with Gasteiger partial charge in [0.05, 0.1) is 6.07 Å². The summed E-state index contributed by atoms with van der Waals surface area (Å²) in [5, 5.41) is 8.47. The van der Waals surface area contributed by atoms with E-state index in [9.17, 15) is 4.79 Å². The molecule has 0 aromatic heterocycles. The smallest absolute Gasteiger partial charge is 0.223 e. The van der Waals surface area contributed by atoms with Gasteiger partial charge in [-0.15, -0.1) is 0 Å². The van der Waals surface area contributed by atoms with Crippen molar-refractivity contribution in [1.82, 2.24) is 4.90 Å². The molecule has 1 aliphatic heterocycles. The SMILES string of the molecule is N#CCCC(=O)N1CC=C(c2ccccc2)CC1. The Morgan fingerprint density at radius 2 is 2.11 bits per heavy atom. The summed E-state index contributed by atoms with van der Waals surface area (Å²) in [6, 6.07) is 12.3. The minimum Gasteiger partial charge on any atom is -0.339 e. The summed E-state index contributed by atoms with van der Waals surface area (Å²) in [4.78, 5) is 13.6. The third kappa shape index (κ3) is 2.98. The topological polar surface area (TPSA) is 44.1 Å². The van der Waals surface area contributed by atoms with Crippen molar-refractivity contribution in [3.8, 4) is 6.07 Å². The van der Waals surface area contributed by atoms with Crippen molar-refractivity contribution < 1.29 is 4.79 Å². The summed E-state index contributed by atoms with van der Waals surface area (Å²) >= 11 is 0. The number of hydrogen-bond acceptors (Lipinski definition) is 2. The zero-order valence-electron chi connectivity index (χ0n) is 10.3. The van der Waals surface area contributed by atoms with Crippen LogP contribution in [0.25, 0.3) is 5.57 Å². The zero-order chi connectivity index (χ0) is 12.8. The molecule has 0 fully saturated rings. The van der Waals surface area contributed by atoms with Gasteiger partial charge < -0.3 is 4.90 Å². The molecular weight excluding hydrogens is 224 g/mol. The maximum Gasteiger partial charge on any atom is 0.223 e. The fourth-order valence-electron chi connectivity index (χ4n) is 2.13. The lowest BCUT2D eigenvalue weighted by molar-refractivity contribution is -0.130. The average Bonchev–Trinajstić information content (AvgIpc) is 2.46. The van der Waals surface area contributed by atoms with Gasteiger partial charge in [-0.25, -0.2) is 0 Å². The molecular formula is C15H16N2O. The van der Waals surface area contributed by atoms with Gasteiger partial charge in [0.25, 0.3) is 0 Å². The Hall–Kier alpha value is -2.08. The predicted octanol–water partition coefficient (Wildman–Crippen LogP) is 2.61. The van der Waals surface area contributed by atoms with Crippen LogP contribution < -0.4 is 0 Å². The monoisotopic (exact) mass is 240 g/mol. The third-order valence-corrected chi connectivity index (χ3v) is 3.16. The van der Waals surface area contributed by atoms with E-state index >= 15 is 0 Å². The third-order valence-electron chi connectivity index (χ3n) is 3.16. The lowest BCUT2D eigenvalue weighted by Gasteiger charge is -2.26. The molecule has 0 aliphatic carbocycles. The van der Waals surface area contributed by atoms with E-state index in [-0.39, 0.29) is 5.91 Å². The molecule has 1 aromatic carbocycles. The molecule has 1 aromatic rings. The minimum atomic E-state index is 0.0833. The standard InChI is InChI=1S/C15H16N2O/c16-10-4-7-15(18)17-11-8-14(9-12-17)13-5-2-1-3-6-13/h1-3,5-6,8H,4,7,9,11-12H2.